The number of ether oxygens (including phenoxy) is 1. The van der Waals surface area contributed by atoms with E-state index in [9.17, 15) is 14.4 Å². The molecule has 0 radical (unpaired) electrons. The van der Waals surface area contributed by atoms with Crippen molar-refractivity contribution in [2.24, 2.45) is 5.41 Å². The standard InChI is InChI=1S/C15H24N2O4/c1-14(2,3)21-13(20)10-17-11(18)8-15(9-12(17)19)4-6-16-7-5-15/h16H,4-10H2,1-3H3. The molecule has 0 atom stereocenters. The maximum absolute atomic E-state index is 12.3. The summed E-state index contributed by atoms with van der Waals surface area (Å²) in [6, 6.07) is 0. The molecule has 2 aliphatic rings. The summed E-state index contributed by atoms with van der Waals surface area (Å²) in [7, 11) is 0. The largest absolute Gasteiger partial charge is 0.459 e. The Bertz CT molecular complexity index is 427. The number of imide groups is 1. The van der Waals surface area contributed by atoms with Gasteiger partial charge in [-0.05, 0) is 52.1 Å². The van der Waals surface area contributed by atoms with E-state index < -0.39 is 11.6 Å². The lowest BCUT2D eigenvalue weighted by molar-refractivity contribution is -0.166. The van der Waals surface area contributed by atoms with Gasteiger partial charge in [0, 0.05) is 12.8 Å². The lowest BCUT2D eigenvalue weighted by atomic mass is 9.71. The molecule has 0 aromatic heterocycles. The molecule has 0 aromatic carbocycles. The molecule has 0 unspecified atom stereocenters. The predicted octanol–water partition coefficient (Wildman–Crippen LogP) is 0.847. The Morgan fingerprint density at radius 3 is 2.19 bits per heavy atom. The first-order valence-corrected chi connectivity index (χ1v) is 7.47. The Morgan fingerprint density at radius 2 is 1.71 bits per heavy atom. The summed E-state index contributed by atoms with van der Waals surface area (Å²) < 4.78 is 5.18. The van der Waals surface area contributed by atoms with Crippen LogP contribution in [0, 0.1) is 5.41 Å². The van der Waals surface area contributed by atoms with E-state index in [0.29, 0.717) is 12.8 Å². The zero-order valence-electron chi connectivity index (χ0n) is 13.0. The molecule has 1 N–H and O–H groups in total. The number of rotatable bonds is 2. The quantitative estimate of drug-likeness (QED) is 0.604. The third-order valence-electron chi connectivity index (χ3n) is 4.03. The van der Waals surface area contributed by atoms with Crippen LogP contribution in [0.5, 0.6) is 0 Å². The lowest BCUT2D eigenvalue weighted by Gasteiger charge is -2.42. The summed E-state index contributed by atoms with van der Waals surface area (Å²) in [5.41, 5.74) is -0.820. The van der Waals surface area contributed by atoms with Crippen LogP contribution in [0.3, 0.4) is 0 Å². The van der Waals surface area contributed by atoms with Crippen molar-refractivity contribution in [1.29, 1.82) is 0 Å². The molecular formula is C15H24N2O4. The Morgan fingerprint density at radius 1 is 1.19 bits per heavy atom. The first-order chi connectivity index (χ1) is 9.71. The molecule has 118 valence electrons. The highest BCUT2D eigenvalue weighted by Crippen LogP contribution is 2.40. The highest BCUT2D eigenvalue weighted by molar-refractivity contribution is 6.01. The second-order valence-corrected chi connectivity index (χ2v) is 7.06. The monoisotopic (exact) mass is 296 g/mol. The first kappa shape index (κ1) is 15.9. The summed E-state index contributed by atoms with van der Waals surface area (Å²) >= 11 is 0. The highest BCUT2D eigenvalue weighted by Gasteiger charge is 2.44. The molecule has 2 saturated heterocycles. The van der Waals surface area contributed by atoms with Gasteiger partial charge in [-0.3, -0.25) is 19.3 Å². The van der Waals surface area contributed by atoms with Crippen LogP contribution < -0.4 is 5.32 Å². The van der Waals surface area contributed by atoms with E-state index in [-0.39, 0.29) is 23.8 Å². The summed E-state index contributed by atoms with van der Waals surface area (Å²) in [6.07, 6.45) is 2.38. The van der Waals surface area contributed by atoms with Gasteiger partial charge in [0.05, 0.1) is 0 Å². The van der Waals surface area contributed by atoms with E-state index in [4.69, 9.17) is 4.74 Å². The Labute approximate surface area is 125 Å². The number of esters is 1. The van der Waals surface area contributed by atoms with Crippen LogP contribution in [0.2, 0.25) is 0 Å². The highest BCUT2D eigenvalue weighted by atomic mass is 16.6. The van der Waals surface area contributed by atoms with Gasteiger partial charge in [0.2, 0.25) is 11.8 Å². The van der Waals surface area contributed by atoms with Crippen LogP contribution in [0.25, 0.3) is 0 Å². The molecule has 2 rings (SSSR count). The molecule has 2 heterocycles. The molecule has 2 aliphatic heterocycles. The fourth-order valence-electron chi connectivity index (χ4n) is 3.02. The van der Waals surface area contributed by atoms with Crippen molar-refractivity contribution >= 4 is 17.8 Å². The van der Waals surface area contributed by atoms with Gasteiger partial charge in [0.1, 0.15) is 12.1 Å². The van der Waals surface area contributed by atoms with Gasteiger partial charge in [-0.2, -0.15) is 0 Å². The topological polar surface area (TPSA) is 75.7 Å². The van der Waals surface area contributed by atoms with Crippen molar-refractivity contribution in [3.05, 3.63) is 0 Å². The molecule has 21 heavy (non-hydrogen) atoms. The van der Waals surface area contributed by atoms with Gasteiger partial charge in [-0.1, -0.05) is 0 Å². The van der Waals surface area contributed by atoms with Gasteiger partial charge in [0.15, 0.2) is 0 Å². The second kappa shape index (κ2) is 5.75. The van der Waals surface area contributed by atoms with Gasteiger partial charge < -0.3 is 10.1 Å². The van der Waals surface area contributed by atoms with Gasteiger partial charge >= 0.3 is 5.97 Å². The zero-order chi connectivity index (χ0) is 15.7. The average molecular weight is 296 g/mol. The average Bonchev–Trinajstić information content (AvgIpc) is 2.33. The maximum Gasteiger partial charge on any atom is 0.326 e. The summed E-state index contributed by atoms with van der Waals surface area (Å²) in [4.78, 5) is 37.4. The Hall–Kier alpha value is -1.43. The van der Waals surface area contributed by atoms with E-state index in [2.05, 4.69) is 5.32 Å². The summed E-state index contributed by atoms with van der Waals surface area (Å²) in [6.45, 7) is 6.68. The number of carbonyl (C=O) groups excluding carboxylic acids is 3. The molecular weight excluding hydrogens is 272 g/mol. The Kier molecular flexibility index (Phi) is 4.37. The second-order valence-electron chi connectivity index (χ2n) is 7.06. The number of hydrogen-bond acceptors (Lipinski definition) is 5. The van der Waals surface area contributed by atoms with E-state index in [0.717, 1.165) is 30.8 Å². The van der Waals surface area contributed by atoms with Crippen molar-refractivity contribution in [1.82, 2.24) is 10.2 Å². The van der Waals surface area contributed by atoms with Crippen LogP contribution in [-0.4, -0.2) is 47.9 Å². The minimum Gasteiger partial charge on any atom is -0.459 e. The van der Waals surface area contributed by atoms with E-state index in [1.807, 2.05) is 0 Å². The fraction of sp³-hybridized carbons (Fsp3) is 0.800. The van der Waals surface area contributed by atoms with Crippen molar-refractivity contribution in [2.45, 2.75) is 52.1 Å². The number of hydrogen-bond donors (Lipinski definition) is 1. The summed E-state index contributed by atoms with van der Waals surface area (Å²) in [5, 5.41) is 3.24. The molecule has 1 spiro atoms. The number of nitrogens with one attached hydrogen (secondary N) is 1. The van der Waals surface area contributed by atoms with Crippen LogP contribution in [0.15, 0.2) is 0 Å². The van der Waals surface area contributed by atoms with Crippen LogP contribution in [-0.2, 0) is 19.1 Å². The van der Waals surface area contributed by atoms with E-state index in [1.165, 1.54) is 0 Å². The normalized spacial score (nSPS) is 22.5. The molecule has 0 aromatic rings. The maximum atomic E-state index is 12.3. The smallest absolute Gasteiger partial charge is 0.326 e. The zero-order valence-corrected chi connectivity index (χ0v) is 13.0. The van der Waals surface area contributed by atoms with Crippen LogP contribution >= 0.6 is 0 Å². The molecule has 2 amide bonds. The Balaban J connectivity index is 1.99. The number of piperidine rings is 2. The molecule has 0 saturated carbocycles. The molecule has 0 aliphatic carbocycles. The number of likely N-dealkylation sites (tertiary alicyclic amines) is 1. The first-order valence-electron chi connectivity index (χ1n) is 7.47. The number of carbonyl (C=O) groups is 3. The molecule has 6 nitrogen and oxygen atoms in total. The van der Waals surface area contributed by atoms with Gasteiger partial charge in [-0.15, -0.1) is 0 Å². The molecule has 0 bridgehead atoms. The van der Waals surface area contributed by atoms with Crippen LogP contribution in [0.4, 0.5) is 0 Å². The third-order valence-corrected chi connectivity index (χ3v) is 4.03. The van der Waals surface area contributed by atoms with Crippen molar-refractivity contribution in [3.63, 3.8) is 0 Å². The third kappa shape index (κ3) is 4.03. The van der Waals surface area contributed by atoms with Crippen molar-refractivity contribution in [2.75, 3.05) is 19.6 Å². The lowest BCUT2D eigenvalue weighted by Crippen LogP contribution is -2.52. The summed E-state index contributed by atoms with van der Waals surface area (Å²) in [5.74, 6) is -1.04. The molecule has 2 fully saturated rings. The minimum atomic E-state index is -0.616. The number of amides is 2. The van der Waals surface area contributed by atoms with Gasteiger partial charge in [-0.25, -0.2) is 0 Å². The van der Waals surface area contributed by atoms with Gasteiger partial charge in [0.25, 0.3) is 0 Å². The van der Waals surface area contributed by atoms with Crippen molar-refractivity contribution < 1.29 is 19.1 Å². The SMILES string of the molecule is CC(C)(C)OC(=O)CN1C(=O)CC2(CCNCC2)CC1=O. The van der Waals surface area contributed by atoms with E-state index >= 15 is 0 Å². The fourth-order valence-corrected chi connectivity index (χ4v) is 3.02. The number of nitrogens with zero attached hydrogens (tertiary/aromatic N) is 1. The van der Waals surface area contributed by atoms with E-state index in [1.54, 1.807) is 20.8 Å². The minimum absolute atomic E-state index is 0.205. The van der Waals surface area contributed by atoms with Crippen LogP contribution in [0.1, 0.15) is 46.5 Å². The van der Waals surface area contributed by atoms with Crippen molar-refractivity contribution in [3.8, 4) is 0 Å². The molecule has 6 heteroatoms. The predicted molar refractivity (Wildman–Crippen MR) is 76.3 cm³/mol.